The highest BCUT2D eigenvalue weighted by atomic mass is 16.6. The first kappa shape index (κ1) is 18.0. The van der Waals surface area contributed by atoms with E-state index < -0.39 is 5.60 Å². The molecule has 2 amide bonds. The summed E-state index contributed by atoms with van der Waals surface area (Å²) >= 11 is 0. The molecule has 0 aromatic rings. The van der Waals surface area contributed by atoms with Gasteiger partial charge in [-0.3, -0.25) is 4.79 Å². The fraction of sp³-hybridized carbons (Fsp3) is 0.882. The first-order valence-corrected chi connectivity index (χ1v) is 8.84. The monoisotopic (exact) mass is 325 g/mol. The Balaban J connectivity index is 1.74. The quantitative estimate of drug-likeness (QED) is 0.813. The third-order valence-corrected chi connectivity index (χ3v) is 4.45. The van der Waals surface area contributed by atoms with Gasteiger partial charge in [-0.15, -0.1) is 0 Å². The van der Waals surface area contributed by atoms with Crippen LogP contribution >= 0.6 is 0 Å². The Morgan fingerprint density at radius 3 is 2.43 bits per heavy atom. The van der Waals surface area contributed by atoms with E-state index in [9.17, 15) is 9.59 Å². The number of ether oxygens (including phenoxy) is 1. The molecule has 1 saturated carbocycles. The molecule has 0 radical (unpaired) electrons. The highest BCUT2D eigenvalue weighted by molar-refractivity contribution is 5.79. The molecule has 2 N–H and O–H groups in total. The molecule has 0 bridgehead atoms. The standard InChI is InChI=1S/C17H31N3O3/c1-17(2,3)23-16(22)19-14-7-5-13(6-8-14)15(21)20-11-4-9-18-10-12-20/h13-14,18H,4-12H2,1-3H3,(H,19,22). The third-order valence-electron chi connectivity index (χ3n) is 4.45. The molecular weight excluding hydrogens is 294 g/mol. The van der Waals surface area contributed by atoms with Gasteiger partial charge in [-0.1, -0.05) is 0 Å². The number of nitrogens with one attached hydrogen (secondary N) is 2. The second-order valence-electron chi connectivity index (χ2n) is 7.62. The van der Waals surface area contributed by atoms with Gasteiger partial charge >= 0.3 is 6.09 Å². The number of alkyl carbamates (subject to hydrolysis) is 1. The highest BCUT2D eigenvalue weighted by Crippen LogP contribution is 2.26. The topological polar surface area (TPSA) is 70.7 Å². The van der Waals surface area contributed by atoms with E-state index in [2.05, 4.69) is 10.6 Å². The first-order chi connectivity index (χ1) is 10.8. The molecule has 6 heteroatoms. The number of carbonyl (C=O) groups is 2. The zero-order valence-corrected chi connectivity index (χ0v) is 14.7. The molecule has 6 nitrogen and oxygen atoms in total. The summed E-state index contributed by atoms with van der Waals surface area (Å²) in [6.45, 7) is 9.14. The zero-order chi connectivity index (χ0) is 16.9. The predicted molar refractivity (Wildman–Crippen MR) is 89.2 cm³/mol. The van der Waals surface area contributed by atoms with Crippen molar-refractivity contribution in [1.82, 2.24) is 15.5 Å². The van der Waals surface area contributed by atoms with Crippen molar-refractivity contribution in [2.75, 3.05) is 26.2 Å². The van der Waals surface area contributed by atoms with Crippen molar-refractivity contribution in [2.24, 2.45) is 5.92 Å². The van der Waals surface area contributed by atoms with Crippen LogP contribution in [0.1, 0.15) is 52.9 Å². The van der Waals surface area contributed by atoms with Gasteiger partial charge in [0, 0.05) is 31.6 Å². The van der Waals surface area contributed by atoms with Gasteiger partial charge < -0.3 is 20.3 Å². The molecule has 132 valence electrons. The predicted octanol–water partition coefficient (Wildman–Crippen LogP) is 1.89. The van der Waals surface area contributed by atoms with Crippen molar-refractivity contribution in [3.63, 3.8) is 0 Å². The van der Waals surface area contributed by atoms with Crippen molar-refractivity contribution in [2.45, 2.75) is 64.5 Å². The highest BCUT2D eigenvalue weighted by Gasteiger charge is 2.30. The molecule has 0 spiro atoms. The lowest BCUT2D eigenvalue weighted by Gasteiger charge is -2.32. The molecule has 0 aromatic carbocycles. The van der Waals surface area contributed by atoms with Crippen LogP contribution in [0.25, 0.3) is 0 Å². The minimum absolute atomic E-state index is 0.116. The Hall–Kier alpha value is -1.30. The Morgan fingerprint density at radius 1 is 1.09 bits per heavy atom. The van der Waals surface area contributed by atoms with Crippen LogP contribution in [0, 0.1) is 5.92 Å². The van der Waals surface area contributed by atoms with Crippen molar-refractivity contribution in [1.29, 1.82) is 0 Å². The van der Waals surface area contributed by atoms with E-state index in [1.54, 1.807) is 0 Å². The molecule has 23 heavy (non-hydrogen) atoms. The number of hydrogen-bond acceptors (Lipinski definition) is 4. The Kier molecular flexibility index (Phi) is 6.27. The maximum atomic E-state index is 12.6. The SMILES string of the molecule is CC(C)(C)OC(=O)NC1CCC(C(=O)N2CCCNCC2)CC1. The second kappa shape index (κ2) is 7.99. The summed E-state index contributed by atoms with van der Waals surface area (Å²) in [4.78, 5) is 26.4. The maximum absolute atomic E-state index is 12.6. The van der Waals surface area contributed by atoms with Gasteiger partial charge in [0.1, 0.15) is 5.60 Å². The van der Waals surface area contributed by atoms with Crippen molar-refractivity contribution in [3.05, 3.63) is 0 Å². The number of amides is 2. The molecule has 1 saturated heterocycles. The first-order valence-electron chi connectivity index (χ1n) is 8.84. The fourth-order valence-electron chi connectivity index (χ4n) is 3.28. The van der Waals surface area contributed by atoms with Crippen LogP contribution in [0.3, 0.4) is 0 Å². The lowest BCUT2D eigenvalue weighted by atomic mass is 9.85. The molecule has 0 aromatic heterocycles. The van der Waals surface area contributed by atoms with Gasteiger partial charge in [0.2, 0.25) is 5.91 Å². The van der Waals surface area contributed by atoms with Gasteiger partial charge in [0.05, 0.1) is 0 Å². The van der Waals surface area contributed by atoms with Gasteiger partial charge in [0.15, 0.2) is 0 Å². The van der Waals surface area contributed by atoms with Crippen LogP contribution in [0.2, 0.25) is 0 Å². The lowest BCUT2D eigenvalue weighted by Crippen LogP contribution is -2.44. The molecule has 1 heterocycles. The van der Waals surface area contributed by atoms with Crippen molar-refractivity contribution < 1.29 is 14.3 Å². The van der Waals surface area contributed by atoms with E-state index in [4.69, 9.17) is 4.74 Å². The Morgan fingerprint density at radius 2 is 1.78 bits per heavy atom. The molecule has 2 fully saturated rings. The third kappa shape index (κ3) is 6.01. The van der Waals surface area contributed by atoms with E-state index >= 15 is 0 Å². The smallest absolute Gasteiger partial charge is 0.407 e. The minimum atomic E-state index is -0.474. The average Bonchev–Trinajstić information content (AvgIpc) is 2.74. The van der Waals surface area contributed by atoms with Crippen molar-refractivity contribution in [3.8, 4) is 0 Å². The normalized spacial score (nSPS) is 26.3. The number of nitrogens with zero attached hydrogens (tertiary/aromatic N) is 1. The molecule has 1 aliphatic carbocycles. The largest absolute Gasteiger partial charge is 0.444 e. The van der Waals surface area contributed by atoms with Crippen LogP contribution in [0.15, 0.2) is 0 Å². The number of carbonyl (C=O) groups excluding carboxylic acids is 2. The Labute approximate surface area is 139 Å². The summed E-state index contributed by atoms with van der Waals surface area (Å²) in [5.41, 5.74) is -0.474. The van der Waals surface area contributed by atoms with E-state index in [1.165, 1.54) is 0 Å². The summed E-state index contributed by atoms with van der Waals surface area (Å²) in [5, 5.41) is 6.26. The fourth-order valence-corrected chi connectivity index (χ4v) is 3.28. The van der Waals surface area contributed by atoms with E-state index in [1.807, 2.05) is 25.7 Å². The van der Waals surface area contributed by atoms with E-state index in [0.29, 0.717) is 5.91 Å². The molecular formula is C17H31N3O3. The summed E-state index contributed by atoms with van der Waals surface area (Å²) in [5.74, 6) is 0.411. The molecule has 0 unspecified atom stereocenters. The maximum Gasteiger partial charge on any atom is 0.407 e. The van der Waals surface area contributed by atoms with Crippen LogP contribution < -0.4 is 10.6 Å². The Bertz CT molecular complexity index is 404. The van der Waals surface area contributed by atoms with Crippen LogP contribution in [0.4, 0.5) is 4.79 Å². The summed E-state index contributed by atoms with van der Waals surface area (Å²) in [7, 11) is 0. The summed E-state index contributed by atoms with van der Waals surface area (Å²) in [6, 6.07) is 0.125. The number of hydrogen-bond donors (Lipinski definition) is 2. The van der Waals surface area contributed by atoms with Gasteiger partial charge in [-0.2, -0.15) is 0 Å². The molecule has 2 rings (SSSR count). The van der Waals surface area contributed by atoms with E-state index in [0.717, 1.165) is 58.3 Å². The molecule has 2 aliphatic rings. The van der Waals surface area contributed by atoms with Crippen LogP contribution in [0.5, 0.6) is 0 Å². The zero-order valence-electron chi connectivity index (χ0n) is 14.7. The summed E-state index contributed by atoms with van der Waals surface area (Å²) in [6.07, 6.45) is 4.07. The van der Waals surface area contributed by atoms with Gasteiger partial charge in [-0.25, -0.2) is 4.79 Å². The van der Waals surface area contributed by atoms with Crippen LogP contribution in [-0.2, 0) is 9.53 Å². The molecule has 1 aliphatic heterocycles. The van der Waals surface area contributed by atoms with E-state index in [-0.39, 0.29) is 18.1 Å². The van der Waals surface area contributed by atoms with Gasteiger partial charge in [-0.05, 0) is 59.4 Å². The second-order valence-corrected chi connectivity index (χ2v) is 7.62. The lowest BCUT2D eigenvalue weighted by molar-refractivity contribution is -0.136. The van der Waals surface area contributed by atoms with Gasteiger partial charge in [0.25, 0.3) is 0 Å². The van der Waals surface area contributed by atoms with Crippen LogP contribution in [-0.4, -0.2) is 54.7 Å². The minimum Gasteiger partial charge on any atom is -0.444 e. The molecule has 0 atom stereocenters. The average molecular weight is 325 g/mol. The summed E-state index contributed by atoms with van der Waals surface area (Å²) < 4.78 is 5.29. The van der Waals surface area contributed by atoms with Crippen molar-refractivity contribution >= 4 is 12.0 Å². The number of rotatable bonds is 2.